The largest absolute Gasteiger partial charge is 0.416 e. The van der Waals surface area contributed by atoms with E-state index < -0.39 is 66.7 Å². The summed E-state index contributed by atoms with van der Waals surface area (Å²) in [5, 5.41) is 27.8. The van der Waals surface area contributed by atoms with Crippen LogP contribution < -0.4 is 36.3 Å². The number of nitro groups is 2. The molecule has 0 atom stereocenters. The third-order valence-electron chi connectivity index (χ3n) is 10.9. The number of nitrogens with zero attached hydrogens (tertiary/aromatic N) is 2. The van der Waals surface area contributed by atoms with Gasteiger partial charge in [0.05, 0.1) is 35.0 Å². The molecule has 0 spiro atoms. The number of non-ortho nitro benzene ring substituents is 2. The van der Waals surface area contributed by atoms with Gasteiger partial charge in [0.2, 0.25) is 0 Å². The maximum absolute atomic E-state index is 12.6. The minimum atomic E-state index is -4.47. The number of hydrogen-bond donors (Lipinski definition) is 7. The number of halogens is 8. The van der Waals surface area contributed by atoms with Crippen molar-refractivity contribution in [2.75, 3.05) is 36.3 Å². The van der Waals surface area contributed by atoms with E-state index in [1.165, 1.54) is 84.9 Å². The van der Waals surface area contributed by atoms with Crippen molar-refractivity contribution < 1.29 is 61.5 Å². The molecular weight excluding hydrogens is 1370 g/mol. The lowest BCUT2D eigenvalue weighted by molar-refractivity contribution is -0.385. The molecule has 0 aromatic heterocycles. The zero-order valence-electron chi connectivity index (χ0n) is 45.3. The number of nitrogen functional groups attached to an aromatic ring is 2. The van der Waals surface area contributed by atoms with Crippen molar-refractivity contribution in [3.8, 4) is 0 Å². The number of anilines is 7. The van der Waals surface area contributed by atoms with Gasteiger partial charge in [-0.2, -0.15) is 13.2 Å². The fraction of sp³-hybridized carbons (Fsp3) is 0.0179. The minimum Gasteiger partial charge on any atom is -0.399 e. The lowest BCUT2D eigenvalue weighted by Gasteiger charge is -2.11. The number of amides is 2. The number of carbonyl (C=O) groups is 1. The molecule has 0 aliphatic carbocycles. The van der Waals surface area contributed by atoms with E-state index in [-0.39, 0.29) is 42.3 Å². The first kappa shape index (κ1) is 71.8. The average molecular weight is 1410 g/mol. The number of carbonyl (C=O) groups excluding carboxylic acids is 1. The molecule has 9 aromatic rings. The van der Waals surface area contributed by atoms with E-state index >= 15 is 0 Å². The highest BCUT2D eigenvalue weighted by Gasteiger charge is 2.30. The number of nitrogens with two attached hydrogens (primary N) is 2. The van der Waals surface area contributed by atoms with Gasteiger partial charge in [0.15, 0.2) is 0 Å². The molecule has 2 amide bonds. The molecule has 0 saturated carbocycles. The maximum atomic E-state index is 12.6. The molecule has 9 aromatic carbocycles. The lowest BCUT2D eigenvalue weighted by Crippen LogP contribution is -2.19. The molecule has 0 heterocycles. The van der Waals surface area contributed by atoms with Gasteiger partial charge in [0.1, 0.15) is 0 Å². The SMILES string of the molecule is Nc1ccc(Cl)cc1.Nc1ccc(S(=O)(=O)Nc2ccc(Cl)cc2)cc1.O=C(Nc1ccc(C(F)(F)F)cc1)Nc1ccc(S(=O)(=O)Nc2ccc(Cl)cc2)cc1.O=[N+]([O-])c1ccc(S(=O)(=O)Cl)cc1.O=[N+]([O-])c1ccc(S(=O)(=O)Nc2ccc(Cl)cc2)cc1. The highest BCUT2D eigenvalue weighted by atomic mass is 35.7. The summed E-state index contributed by atoms with van der Waals surface area (Å²) >= 11 is 22.8. The van der Waals surface area contributed by atoms with Crippen molar-refractivity contribution in [1.29, 1.82) is 0 Å². The van der Waals surface area contributed by atoms with Crippen molar-refractivity contribution in [1.82, 2.24) is 0 Å². The van der Waals surface area contributed by atoms with Gasteiger partial charge in [-0.15, -0.1) is 0 Å². The van der Waals surface area contributed by atoms with E-state index in [0.717, 1.165) is 71.4 Å². The van der Waals surface area contributed by atoms with Crippen molar-refractivity contribution in [3.05, 3.63) is 264 Å². The third kappa shape index (κ3) is 23.9. The first-order chi connectivity index (χ1) is 42.1. The Balaban J connectivity index is 0.000000218. The number of alkyl halides is 3. The second-order valence-corrected chi connectivity index (χ2v) is 26.9. The number of nitro benzene ring substituents is 2. The normalized spacial score (nSPS) is 11.1. The van der Waals surface area contributed by atoms with Crippen LogP contribution in [0, 0.1) is 20.2 Å². The van der Waals surface area contributed by atoms with Gasteiger partial charge in [0, 0.05) is 94.9 Å². The van der Waals surface area contributed by atoms with Crippen LogP contribution in [0.2, 0.25) is 20.1 Å². The Morgan fingerprint density at radius 2 is 0.611 bits per heavy atom. The number of rotatable bonds is 14. The van der Waals surface area contributed by atoms with E-state index in [9.17, 15) is 71.9 Å². The van der Waals surface area contributed by atoms with Crippen LogP contribution in [0.1, 0.15) is 5.56 Å². The summed E-state index contributed by atoms with van der Waals surface area (Å²) in [6.07, 6.45) is -4.47. The first-order valence-electron chi connectivity index (χ1n) is 24.6. The molecule has 0 fully saturated rings. The number of benzene rings is 9. The first-order valence-corrected chi connectivity index (χ1v) is 32.9. The lowest BCUT2D eigenvalue weighted by atomic mass is 10.2. The van der Waals surface area contributed by atoms with Gasteiger partial charge >= 0.3 is 12.2 Å². The molecule has 472 valence electrons. The van der Waals surface area contributed by atoms with E-state index in [2.05, 4.69) is 24.8 Å². The van der Waals surface area contributed by atoms with Crippen LogP contribution in [-0.4, -0.2) is 49.5 Å². The molecule has 0 radical (unpaired) electrons. The Kier molecular flexibility index (Phi) is 25.6. The quantitative estimate of drug-likeness (QED) is 0.0230. The van der Waals surface area contributed by atoms with Gasteiger partial charge in [-0.05, 0) is 194 Å². The molecule has 22 nitrogen and oxygen atoms in total. The molecule has 9 rings (SSSR count). The second kappa shape index (κ2) is 32.0. The van der Waals surface area contributed by atoms with E-state index in [0.29, 0.717) is 37.8 Å². The van der Waals surface area contributed by atoms with Gasteiger partial charge in [0.25, 0.3) is 50.5 Å². The average Bonchev–Trinajstić information content (AvgIpc) is 1.07. The predicted octanol–water partition coefficient (Wildman–Crippen LogP) is 15.0. The molecule has 34 heteroatoms. The number of urea groups is 1. The molecule has 0 saturated heterocycles. The van der Waals surface area contributed by atoms with Crippen LogP contribution in [0.3, 0.4) is 0 Å². The minimum absolute atomic E-state index is 0.0313. The van der Waals surface area contributed by atoms with E-state index in [1.54, 1.807) is 72.8 Å². The second-order valence-electron chi connectivity index (χ2n) is 17.6. The van der Waals surface area contributed by atoms with Gasteiger partial charge in [-0.25, -0.2) is 38.5 Å². The number of nitrogens with one attached hydrogen (secondary N) is 5. The summed E-state index contributed by atoms with van der Waals surface area (Å²) < 4.78 is 139. The van der Waals surface area contributed by atoms with Crippen LogP contribution in [0.4, 0.5) is 69.2 Å². The monoisotopic (exact) mass is 1410 g/mol. The summed E-state index contributed by atoms with van der Waals surface area (Å²) in [7, 11) is -10.0. The summed E-state index contributed by atoms with van der Waals surface area (Å²) in [6, 6.07) is 49.3. The zero-order valence-corrected chi connectivity index (χ0v) is 52.3. The van der Waals surface area contributed by atoms with Crippen molar-refractivity contribution in [2.24, 2.45) is 0 Å². The van der Waals surface area contributed by atoms with E-state index in [4.69, 9.17) is 68.6 Å². The van der Waals surface area contributed by atoms with Gasteiger partial charge in [-0.3, -0.25) is 34.4 Å². The molecule has 0 bridgehead atoms. The Morgan fingerprint density at radius 1 is 0.378 bits per heavy atom. The van der Waals surface area contributed by atoms with Crippen LogP contribution >= 0.6 is 57.1 Å². The maximum Gasteiger partial charge on any atom is 0.416 e. The highest BCUT2D eigenvalue weighted by Crippen LogP contribution is 2.30. The fourth-order valence-corrected chi connectivity index (χ4v) is 11.0. The summed E-state index contributed by atoms with van der Waals surface area (Å²) in [5.74, 6) is 0. The van der Waals surface area contributed by atoms with Crippen molar-refractivity contribution >= 4 is 153 Å². The highest BCUT2D eigenvalue weighted by molar-refractivity contribution is 8.13. The molecule has 0 aliphatic heterocycles. The van der Waals surface area contributed by atoms with Crippen LogP contribution in [-0.2, 0) is 45.3 Å². The third-order valence-corrected chi connectivity index (χ3v) is 17.5. The van der Waals surface area contributed by atoms with Crippen LogP contribution in [0.5, 0.6) is 0 Å². The number of hydrogen-bond acceptors (Lipinski definition) is 15. The Hall–Kier alpha value is -8.91. The zero-order chi connectivity index (χ0) is 66.6. The van der Waals surface area contributed by atoms with Crippen molar-refractivity contribution in [3.63, 3.8) is 0 Å². The van der Waals surface area contributed by atoms with E-state index in [1.807, 2.05) is 0 Å². The van der Waals surface area contributed by atoms with Crippen LogP contribution in [0.25, 0.3) is 0 Å². The fourth-order valence-electron chi connectivity index (χ4n) is 6.54. The molecule has 0 unspecified atom stereocenters. The summed E-state index contributed by atoms with van der Waals surface area (Å²) in [5.41, 5.74) is 12.6. The van der Waals surface area contributed by atoms with Gasteiger partial charge in [-0.1, -0.05) is 46.4 Å². The smallest absolute Gasteiger partial charge is 0.399 e. The predicted molar refractivity (Wildman–Crippen MR) is 343 cm³/mol. The Bertz CT molecular complexity index is 4350. The topological polar surface area (TPSA) is 352 Å². The summed E-state index contributed by atoms with van der Waals surface area (Å²) in [4.78, 5) is 31.4. The Morgan fingerprint density at radius 3 is 0.878 bits per heavy atom. The standard InChI is InChI=1S/C20H15ClF3N3O3S.C12H9ClN2O4S.C12H11ClN2O2S.C6H4ClNO4S.C6H6ClN/c21-14-3-7-17(8-4-14)27-31(29,30)18-11-9-16(10-12-18)26-19(28)25-15-5-1-13(2-6-15)20(22,23)24;13-9-1-3-10(4-2-9)14-20(18,19)12-7-5-11(6-8-12)15(16)17;13-9-1-5-11(6-2-9)15-18(16,17)12-7-3-10(14)4-8-12;7-13(11,12)6-3-1-5(2-4-6)8(9)10;7-5-1-3-6(8)4-2-5/h1-12,27H,(H2,25,26,28);1-8,14H;1-8,15H,14H2;1-4H;1-4H,8H2. The molecule has 90 heavy (non-hydrogen) atoms. The van der Waals surface area contributed by atoms with Crippen LogP contribution in [0.15, 0.2) is 238 Å². The molecule has 0 aliphatic rings. The Labute approximate surface area is 537 Å². The van der Waals surface area contributed by atoms with Gasteiger partial charge < -0.3 is 22.1 Å². The molecule has 9 N–H and O–H groups in total. The summed E-state index contributed by atoms with van der Waals surface area (Å²) in [6.45, 7) is 0. The molecular formula is C56H45Cl5F3N9O13S4. The van der Waals surface area contributed by atoms with Crippen molar-refractivity contribution in [2.45, 2.75) is 25.8 Å². The number of sulfonamides is 3.